The Labute approximate surface area is 319 Å². The maximum Gasteiger partial charge on any atom is 0.0639 e. The van der Waals surface area contributed by atoms with Gasteiger partial charge in [-0.25, -0.2) is 0 Å². The van der Waals surface area contributed by atoms with Crippen LogP contribution in [0.2, 0.25) is 0 Å². The van der Waals surface area contributed by atoms with Crippen LogP contribution in [0.3, 0.4) is 0 Å². The van der Waals surface area contributed by atoms with Gasteiger partial charge in [-0.3, -0.25) is 9.98 Å². The van der Waals surface area contributed by atoms with Gasteiger partial charge in [0, 0.05) is 22.7 Å². The molecule has 0 saturated carbocycles. The predicted octanol–water partition coefficient (Wildman–Crippen LogP) is 15.3. The Morgan fingerprint density at radius 3 is 1.68 bits per heavy atom. The molecule has 0 aliphatic heterocycles. The number of rotatable bonds is 23. The topological polar surface area (TPSA) is 24.7 Å². The molecular formula is C47H71N2Ni-. The van der Waals surface area contributed by atoms with Gasteiger partial charge in [-0.2, -0.15) is 6.42 Å². The van der Waals surface area contributed by atoms with Crippen molar-refractivity contribution >= 4 is 23.3 Å². The first kappa shape index (κ1) is 45.5. The molecule has 0 heterocycles. The number of aliphatic imine (C=N–C) groups is 2. The zero-order valence-corrected chi connectivity index (χ0v) is 33.9. The van der Waals surface area contributed by atoms with Gasteiger partial charge in [-0.1, -0.05) is 148 Å². The van der Waals surface area contributed by atoms with Crippen molar-refractivity contribution in [2.75, 3.05) is 0 Å². The average molecular weight is 723 g/mol. The summed E-state index contributed by atoms with van der Waals surface area (Å²) in [7, 11) is 0. The molecule has 0 aromatic heterocycles. The van der Waals surface area contributed by atoms with Gasteiger partial charge in [-0.05, 0) is 110 Å². The molecule has 3 aromatic rings. The molecule has 0 bridgehead atoms. The number of aryl methyl sites for hydroxylation is 4. The maximum absolute atomic E-state index is 5.14. The number of hydrogen-bond acceptors (Lipinski definition) is 2. The molecule has 0 radical (unpaired) electrons. The van der Waals surface area contributed by atoms with E-state index in [1.807, 2.05) is 6.21 Å². The van der Waals surface area contributed by atoms with E-state index in [0.717, 1.165) is 36.3 Å². The van der Waals surface area contributed by atoms with E-state index in [-0.39, 0.29) is 16.5 Å². The molecule has 3 aromatic carbocycles. The first-order chi connectivity index (χ1) is 24.0. The fraction of sp³-hybridized carbons (Fsp3) is 0.553. The first-order valence-electron chi connectivity index (χ1n) is 20.2. The molecule has 0 unspecified atom stereocenters. The maximum atomic E-state index is 5.14. The Bertz CT molecular complexity index is 1340. The second kappa shape index (κ2) is 29.1. The van der Waals surface area contributed by atoms with Gasteiger partial charge in [0.1, 0.15) is 0 Å². The second-order valence-electron chi connectivity index (χ2n) is 13.8. The van der Waals surface area contributed by atoms with Crippen LogP contribution in [-0.4, -0.2) is 11.9 Å². The van der Waals surface area contributed by atoms with Gasteiger partial charge >= 0.3 is 0 Å². The van der Waals surface area contributed by atoms with Gasteiger partial charge in [0.05, 0.1) is 17.1 Å². The number of hydrogen-bond donors (Lipinski definition) is 0. The predicted molar refractivity (Wildman–Crippen MR) is 222 cm³/mol. The summed E-state index contributed by atoms with van der Waals surface area (Å²) in [4.78, 5) is 10.1. The van der Waals surface area contributed by atoms with Gasteiger partial charge in [0.25, 0.3) is 0 Å². The fourth-order valence-corrected chi connectivity index (χ4v) is 6.38. The summed E-state index contributed by atoms with van der Waals surface area (Å²) in [5.74, 6) is 0. The van der Waals surface area contributed by atoms with E-state index >= 15 is 0 Å². The number of unbranched alkanes of at least 4 members (excludes halogenated alkanes) is 12. The molecule has 50 heavy (non-hydrogen) atoms. The van der Waals surface area contributed by atoms with Crippen LogP contribution >= 0.6 is 0 Å². The van der Waals surface area contributed by atoms with E-state index in [1.165, 1.54) is 143 Å². The average Bonchev–Trinajstić information content (AvgIpc) is 3.12. The molecule has 0 atom stereocenters. The molecule has 3 heteroatoms. The van der Waals surface area contributed by atoms with Crippen molar-refractivity contribution in [1.82, 2.24) is 0 Å². The first-order valence-corrected chi connectivity index (χ1v) is 20.2. The fourth-order valence-electron chi connectivity index (χ4n) is 6.38. The Hall–Kier alpha value is -2.51. The Balaban J connectivity index is 0.00000237. The van der Waals surface area contributed by atoms with Crippen molar-refractivity contribution in [3.8, 4) is 11.1 Å². The third kappa shape index (κ3) is 18.1. The van der Waals surface area contributed by atoms with Crippen LogP contribution < -0.4 is 0 Å². The number of benzene rings is 3. The zero-order chi connectivity index (χ0) is 35.5. The Kier molecular flexibility index (Phi) is 26.5. The van der Waals surface area contributed by atoms with Crippen molar-refractivity contribution in [3.63, 3.8) is 0 Å². The standard InChI is InChI=1S/C43H62N2.C4H9.Ni/c1-6-10-13-16-17-21-27-38-32-41(30-29-36(38)24-19-14-11-7-2)44-34-40(9-4)45-42-31-35(5)43(37-25-22-18-23-26-37)39(33-42)28-20-15-12-8-3;1-3-4-2;/h18,22-23,25-26,29-34H,6-17,19-21,24,27-28H2,1-5H3;1,3-4H2,2H3;/q;-1;. The smallest absolute Gasteiger partial charge is 0.0639 e. The van der Waals surface area contributed by atoms with Crippen LogP contribution in [0.4, 0.5) is 11.4 Å². The Morgan fingerprint density at radius 1 is 0.580 bits per heavy atom. The molecule has 0 saturated heterocycles. The molecule has 280 valence electrons. The van der Waals surface area contributed by atoms with Gasteiger partial charge in [0.15, 0.2) is 0 Å². The SMILES string of the molecule is CCCCCCCCc1cc(N=CC(CC)=Nc2cc(C)c(-c3ccccc3)c(CCCCCC)c2)ccc1CCCCCC.[CH2-]CCC.[Ni]. The summed E-state index contributed by atoms with van der Waals surface area (Å²) in [6.45, 7) is 17.0. The van der Waals surface area contributed by atoms with Crippen molar-refractivity contribution in [3.05, 3.63) is 89.8 Å². The van der Waals surface area contributed by atoms with Crippen molar-refractivity contribution in [2.24, 2.45) is 9.98 Å². The van der Waals surface area contributed by atoms with Crippen molar-refractivity contribution in [1.29, 1.82) is 0 Å². The third-order valence-corrected chi connectivity index (χ3v) is 9.40. The molecular weight excluding hydrogens is 651 g/mol. The molecule has 0 N–H and O–H groups in total. The molecule has 0 amide bonds. The van der Waals surface area contributed by atoms with Gasteiger partial charge in [0.2, 0.25) is 0 Å². The summed E-state index contributed by atoms with van der Waals surface area (Å²) in [6, 6.07) is 22.4. The van der Waals surface area contributed by atoms with E-state index in [1.54, 1.807) is 0 Å². The molecule has 0 aliphatic rings. The van der Waals surface area contributed by atoms with Crippen molar-refractivity contribution in [2.45, 2.75) is 170 Å². The summed E-state index contributed by atoms with van der Waals surface area (Å²) < 4.78 is 0. The summed E-state index contributed by atoms with van der Waals surface area (Å²) in [6.07, 6.45) is 26.9. The Morgan fingerprint density at radius 2 is 1.10 bits per heavy atom. The summed E-state index contributed by atoms with van der Waals surface area (Å²) in [5.41, 5.74) is 11.6. The monoisotopic (exact) mass is 721 g/mol. The van der Waals surface area contributed by atoms with E-state index in [2.05, 4.69) is 109 Å². The normalized spacial score (nSPS) is 11.4. The van der Waals surface area contributed by atoms with Crippen LogP contribution in [-0.2, 0) is 35.8 Å². The third-order valence-electron chi connectivity index (χ3n) is 9.40. The van der Waals surface area contributed by atoms with Crippen molar-refractivity contribution < 1.29 is 16.5 Å². The molecule has 0 fully saturated rings. The van der Waals surface area contributed by atoms with Crippen LogP contribution in [0.15, 0.2) is 70.6 Å². The van der Waals surface area contributed by atoms with Crippen LogP contribution in [0, 0.1) is 13.8 Å². The second-order valence-corrected chi connectivity index (χ2v) is 13.8. The van der Waals surface area contributed by atoms with E-state index < -0.39 is 0 Å². The van der Waals surface area contributed by atoms with E-state index in [0.29, 0.717) is 0 Å². The van der Waals surface area contributed by atoms with E-state index in [4.69, 9.17) is 9.98 Å². The van der Waals surface area contributed by atoms with Crippen LogP contribution in [0.5, 0.6) is 0 Å². The molecule has 3 rings (SSSR count). The molecule has 0 spiro atoms. The van der Waals surface area contributed by atoms with Gasteiger partial charge in [-0.15, -0.1) is 0 Å². The summed E-state index contributed by atoms with van der Waals surface area (Å²) >= 11 is 0. The molecule has 0 aliphatic carbocycles. The summed E-state index contributed by atoms with van der Waals surface area (Å²) in [5, 5.41) is 0. The number of nitrogens with zero attached hydrogens (tertiary/aromatic N) is 2. The minimum Gasteiger partial charge on any atom is -0.343 e. The minimum atomic E-state index is 0. The van der Waals surface area contributed by atoms with Crippen LogP contribution in [0.25, 0.3) is 11.1 Å². The van der Waals surface area contributed by atoms with E-state index in [9.17, 15) is 0 Å². The largest absolute Gasteiger partial charge is 0.343 e. The molecule has 2 nitrogen and oxygen atoms in total. The zero-order valence-electron chi connectivity index (χ0n) is 32.9. The minimum absolute atomic E-state index is 0. The quantitative estimate of drug-likeness (QED) is 0.0403. The van der Waals surface area contributed by atoms with Crippen LogP contribution in [0.1, 0.15) is 166 Å². The van der Waals surface area contributed by atoms with Gasteiger partial charge < -0.3 is 6.92 Å².